The molecule has 4 atom stereocenters. The monoisotopic (exact) mass is 340 g/mol. The van der Waals surface area contributed by atoms with Crippen LogP contribution in [0.1, 0.15) is 44.6 Å². The number of hydrogen-bond acceptors (Lipinski definition) is 1. The molecule has 0 spiro atoms. The SMILES string of the molecule is CC1CC2CCC(O)(c3cccc(Cl)c3-c3ccccc3)C(C1)C2. The van der Waals surface area contributed by atoms with E-state index < -0.39 is 5.60 Å². The summed E-state index contributed by atoms with van der Waals surface area (Å²) in [6.45, 7) is 2.33. The van der Waals surface area contributed by atoms with E-state index in [9.17, 15) is 5.11 Å². The quantitative estimate of drug-likeness (QED) is 0.706. The van der Waals surface area contributed by atoms with Gasteiger partial charge in [0.25, 0.3) is 0 Å². The molecule has 4 rings (SSSR count). The number of benzene rings is 2. The van der Waals surface area contributed by atoms with Gasteiger partial charge in [-0.25, -0.2) is 0 Å². The molecule has 2 fully saturated rings. The second-order valence-corrected chi connectivity index (χ2v) is 8.27. The van der Waals surface area contributed by atoms with Crippen LogP contribution in [-0.4, -0.2) is 5.11 Å². The zero-order valence-electron chi connectivity index (χ0n) is 14.2. The zero-order valence-corrected chi connectivity index (χ0v) is 15.0. The molecule has 2 aromatic rings. The predicted octanol–water partition coefficient (Wildman–Crippen LogP) is 6.04. The first-order valence-corrected chi connectivity index (χ1v) is 9.52. The van der Waals surface area contributed by atoms with E-state index in [2.05, 4.69) is 25.1 Å². The van der Waals surface area contributed by atoms with Crippen molar-refractivity contribution in [3.8, 4) is 11.1 Å². The maximum absolute atomic E-state index is 11.8. The average Bonchev–Trinajstić information content (AvgIpc) is 2.59. The lowest BCUT2D eigenvalue weighted by Gasteiger charge is -2.49. The highest BCUT2D eigenvalue weighted by atomic mass is 35.5. The van der Waals surface area contributed by atoms with E-state index in [0.29, 0.717) is 11.8 Å². The molecule has 24 heavy (non-hydrogen) atoms. The molecule has 0 saturated heterocycles. The number of aliphatic hydroxyl groups is 1. The van der Waals surface area contributed by atoms with E-state index in [1.165, 1.54) is 6.42 Å². The van der Waals surface area contributed by atoms with Crippen LogP contribution in [0.15, 0.2) is 48.5 Å². The number of hydrogen-bond donors (Lipinski definition) is 1. The minimum absolute atomic E-state index is 0.348. The Hall–Kier alpha value is -1.31. The smallest absolute Gasteiger partial charge is 0.0931 e. The third kappa shape index (κ3) is 2.68. The normalized spacial score (nSPS) is 32.5. The summed E-state index contributed by atoms with van der Waals surface area (Å²) in [6, 6.07) is 16.3. The Morgan fingerprint density at radius 3 is 2.58 bits per heavy atom. The highest BCUT2D eigenvalue weighted by Crippen LogP contribution is 2.54. The van der Waals surface area contributed by atoms with Gasteiger partial charge in [0, 0.05) is 10.6 Å². The molecular formula is C22H25ClO. The molecule has 2 aliphatic carbocycles. The molecule has 2 saturated carbocycles. The minimum Gasteiger partial charge on any atom is -0.385 e. The zero-order chi connectivity index (χ0) is 16.7. The second-order valence-electron chi connectivity index (χ2n) is 7.87. The fourth-order valence-electron chi connectivity index (χ4n) is 5.14. The standard InChI is InChI=1S/C22H25ClO/c1-15-12-16-10-11-22(24,18(13-15)14-16)19-8-5-9-20(23)21(19)17-6-3-2-4-7-17/h2-9,15-16,18,24H,10-14H2,1H3. The van der Waals surface area contributed by atoms with Gasteiger partial charge in [-0.05, 0) is 67.1 Å². The van der Waals surface area contributed by atoms with Gasteiger partial charge in [0.2, 0.25) is 0 Å². The molecule has 0 heterocycles. The van der Waals surface area contributed by atoms with Gasteiger partial charge in [0.1, 0.15) is 0 Å². The van der Waals surface area contributed by atoms with Crippen LogP contribution >= 0.6 is 11.6 Å². The summed E-state index contributed by atoms with van der Waals surface area (Å²) >= 11 is 6.60. The van der Waals surface area contributed by atoms with Crippen molar-refractivity contribution in [2.24, 2.45) is 17.8 Å². The molecule has 0 radical (unpaired) electrons. The van der Waals surface area contributed by atoms with E-state index in [1.807, 2.05) is 30.3 Å². The molecule has 2 bridgehead atoms. The molecular weight excluding hydrogens is 316 g/mol. The third-order valence-corrected chi connectivity index (χ3v) is 6.51. The Bertz CT molecular complexity index is 724. The van der Waals surface area contributed by atoms with Gasteiger partial charge >= 0.3 is 0 Å². The lowest BCUT2D eigenvalue weighted by atomic mass is 9.59. The average molecular weight is 341 g/mol. The van der Waals surface area contributed by atoms with Crippen molar-refractivity contribution in [3.05, 3.63) is 59.1 Å². The van der Waals surface area contributed by atoms with Crippen LogP contribution in [0.4, 0.5) is 0 Å². The fourth-order valence-corrected chi connectivity index (χ4v) is 5.42. The molecule has 4 unspecified atom stereocenters. The Morgan fingerprint density at radius 1 is 1.00 bits per heavy atom. The van der Waals surface area contributed by atoms with Gasteiger partial charge in [-0.1, -0.05) is 61.0 Å². The van der Waals surface area contributed by atoms with Crippen LogP contribution in [0.2, 0.25) is 5.02 Å². The van der Waals surface area contributed by atoms with Crippen molar-refractivity contribution in [2.45, 2.75) is 44.6 Å². The molecule has 0 aromatic heterocycles. The Morgan fingerprint density at radius 2 is 1.79 bits per heavy atom. The van der Waals surface area contributed by atoms with Gasteiger partial charge in [-0.2, -0.15) is 0 Å². The van der Waals surface area contributed by atoms with Crippen molar-refractivity contribution < 1.29 is 5.11 Å². The molecule has 2 aliphatic rings. The van der Waals surface area contributed by atoms with E-state index in [1.54, 1.807) is 0 Å². The highest BCUT2D eigenvalue weighted by molar-refractivity contribution is 6.33. The first-order valence-electron chi connectivity index (χ1n) is 9.14. The van der Waals surface area contributed by atoms with Gasteiger partial charge in [-0.3, -0.25) is 0 Å². The van der Waals surface area contributed by atoms with Crippen LogP contribution in [0.25, 0.3) is 11.1 Å². The van der Waals surface area contributed by atoms with Crippen molar-refractivity contribution >= 4 is 11.6 Å². The van der Waals surface area contributed by atoms with E-state index >= 15 is 0 Å². The van der Waals surface area contributed by atoms with Crippen molar-refractivity contribution in [2.75, 3.05) is 0 Å². The predicted molar refractivity (Wildman–Crippen MR) is 100 cm³/mol. The van der Waals surface area contributed by atoms with Gasteiger partial charge in [0.15, 0.2) is 0 Å². The molecule has 0 amide bonds. The van der Waals surface area contributed by atoms with Gasteiger partial charge in [0.05, 0.1) is 5.60 Å². The summed E-state index contributed by atoms with van der Waals surface area (Å²) in [5, 5.41) is 12.5. The van der Waals surface area contributed by atoms with Crippen LogP contribution in [0, 0.1) is 17.8 Å². The molecule has 126 valence electrons. The van der Waals surface area contributed by atoms with Crippen molar-refractivity contribution in [1.82, 2.24) is 0 Å². The third-order valence-electron chi connectivity index (χ3n) is 6.19. The summed E-state index contributed by atoms with van der Waals surface area (Å²) in [4.78, 5) is 0. The van der Waals surface area contributed by atoms with Gasteiger partial charge < -0.3 is 5.11 Å². The van der Waals surface area contributed by atoms with Crippen LogP contribution < -0.4 is 0 Å². The van der Waals surface area contributed by atoms with E-state index in [4.69, 9.17) is 11.6 Å². The molecule has 1 N–H and O–H groups in total. The maximum atomic E-state index is 11.8. The van der Waals surface area contributed by atoms with Crippen LogP contribution in [0.3, 0.4) is 0 Å². The number of halogens is 1. The first kappa shape index (κ1) is 16.2. The Labute approximate surface area is 149 Å². The summed E-state index contributed by atoms with van der Waals surface area (Å²) in [6.07, 6.45) is 5.58. The second kappa shape index (κ2) is 6.20. The lowest BCUT2D eigenvalue weighted by Crippen LogP contribution is -2.44. The van der Waals surface area contributed by atoms with E-state index in [0.717, 1.165) is 53.3 Å². The fraction of sp³-hybridized carbons (Fsp3) is 0.455. The summed E-state index contributed by atoms with van der Waals surface area (Å²) in [5.74, 6) is 1.85. The molecule has 1 nitrogen and oxygen atoms in total. The van der Waals surface area contributed by atoms with E-state index in [-0.39, 0.29) is 0 Å². The molecule has 2 aromatic carbocycles. The maximum Gasteiger partial charge on any atom is 0.0931 e. The summed E-state index contributed by atoms with van der Waals surface area (Å²) in [7, 11) is 0. The summed E-state index contributed by atoms with van der Waals surface area (Å²) in [5.41, 5.74) is 2.39. The number of fused-ring (bicyclic) bond motifs is 2. The highest BCUT2D eigenvalue weighted by Gasteiger charge is 2.47. The van der Waals surface area contributed by atoms with Crippen molar-refractivity contribution in [3.63, 3.8) is 0 Å². The topological polar surface area (TPSA) is 20.2 Å². The van der Waals surface area contributed by atoms with Crippen molar-refractivity contribution in [1.29, 1.82) is 0 Å². The van der Waals surface area contributed by atoms with Gasteiger partial charge in [-0.15, -0.1) is 0 Å². The minimum atomic E-state index is -0.749. The number of rotatable bonds is 2. The lowest BCUT2D eigenvalue weighted by molar-refractivity contribution is -0.0936. The summed E-state index contributed by atoms with van der Waals surface area (Å²) < 4.78 is 0. The Balaban J connectivity index is 1.83. The molecule has 2 heteroatoms. The Kier molecular flexibility index (Phi) is 4.18. The first-order chi connectivity index (χ1) is 11.6. The van der Waals surface area contributed by atoms with Crippen LogP contribution in [-0.2, 0) is 5.60 Å². The van der Waals surface area contributed by atoms with Crippen LogP contribution in [0.5, 0.6) is 0 Å². The largest absolute Gasteiger partial charge is 0.385 e. The molecule has 0 aliphatic heterocycles.